The van der Waals surface area contributed by atoms with Gasteiger partial charge in [0.15, 0.2) is 5.96 Å². The van der Waals surface area contributed by atoms with Crippen molar-refractivity contribution >= 4 is 5.96 Å². The van der Waals surface area contributed by atoms with Crippen LogP contribution in [0.5, 0.6) is 0 Å². The Bertz CT molecular complexity index is 221. The zero-order valence-electron chi connectivity index (χ0n) is 11.0. The van der Waals surface area contributed by atoms with Crippen molar-refractivity contribution in [1.29, 1.82) is 0 Å². The highest BCUT2D eigenvalue weighted by molar-refractivity contribution is 5.79. The minimum atomic E-state index is 0.826. The molecule has 0 unspecified atom stereocenters. The lowest BCUT2D eigenvalue weighted by Crippen LogP contribution is -2.35. The van der Waals surface area contributed by atoms with E-state index in [9.17, 15) is 0 Å². The Kier molecular flexibility index (Phi) is 4.00. The summed E-state index contributed by atoms with van der Waals surface area (Å²) in [5.74, 6) is 3.65. The summed E-state index contributed by atoms with van der Waals surface area (Å²) in [5.41, 5.74) is 0. The Morgan fingerprint density at radius 3 is 2.07 bits per heavy atom. The van der Waals surface area contributed by atoms with Crippen LogP contribution in [-0.4, -0.2) is 50.5 Å². The van der Waals surface area contributed by atoms with Gasteiger partial charge < -0.3 is 9.80 Å². The van der Waals surface area contributed by atoms with Gasteiger partial charge in [-0.05, 0) is 24.2 Å². The molecule has 0 N–H and O–H groups in total. The third-order valence-corrected chi connectivity index (χ3v) is 3.10. The molecule has 0 aromatic rings. The second-order valence-corrected chi connectivity index (χ2v) is 5.33. The first kappa shape index (κ1) is 12.3. The Hall–Kier alpha value is -0.730. The van der Waals surface area contributed by atoms with Crippen LogP contribution in [0.2, 0.25) is 0 Å². The molecule has 0 heterocycles. The maximum atomic E-state index is 4.69. The van der Waals surface area contributed by atoms with E-state index in [1.54, 1.807) is 0 Å². The van der Waals surface area contributed by atoms with E-state index in [0.717, 1.165) is 30.3 Å². The lowest BCUT2D eigenvalue weighted by atomic mass is 10.1. The largest absolute Gasteiger partial charge is 0.349 e. The third kappa shape index (κ3) is 3.40. The van der Waals surface area contributed by atoms with E-state index in [1.807, 2.05) is 28.2 Å². The fourth-order valence-corrected chi connectivity index (χ4v) is 2.18. The van der Waals surface area contributed by atoms with E-state index in [2.05, 4.69) is 28.6 Å². The van der Waals surface area contributed by atoms with Crippen LogP contribution in [-0.2, 0) is 0 Å². The molecule has 0 aliphatic heterocycles. The molecule has 0 amide bonds. The minimum Gasteiger partial charge on any atom is -0.349 e. The first-order valence-electron chi connectivity index (χ1n) is 5.82. The fraction of sp³-hybridized carbons (Fsp3) is 0.917. The van der Waals surface area contributed by atoms with E-state index in [1.165, 1.54) is 6.42 Å². The molecule has 1 saturated carbocycles. The minimum absolute atomic E-state index is 0.826. The van der Waals surface area contributed by atoms with Gasteiger partial charge in [-0.25, -0.2) is 0 Å². The van der Waals surface area contributed by atoms with Crippen molar-refractivity contribution in [3.8, 4) is 0 Å². The zero-order chi connectivity index (χ0) is 11.6. The van der Waals surface area contributed by atoms with Gasteiger partial charge in [0.25, 0.3) is 0 Å². The highest BCUT2D eigenvalue weighted by atomic mass is 15.3. The second-order valence-electron chi connectivity index (χ2n) is 5.33. The van der Waals surface area contributed by atoms with Crippen LogP contribution >= 0.6 is 0 Å². The first-order chi connectivity index (χ1) is 6.93. The predicted molar refractivity (Wildman–Crippen MR) is 66.1 cm³/mol. The molecular formula is C12H25N3. The van der Waals surface area contributed by atoms with Crippen molar-refractivity contribution in [3.05, 3.63) is 0 Å². The Morgan fingerprint density at radius 1 is 1.20 bits per heavy atom. The Morgan fingerprint density at radius 2 is 1.73 bits per heavy atom. The van der Waals surface area contributed by atoms with Gasteiger partial charge in [0.05, 0.1) is 0 Å². The standard InChI is InChI=1S/C12H25N3/c1-9(2)11-7-10(11)8-13-12(14(3)4)15(5)6/h9-11H,7-8H2,1-6H3/t10-,11-/m0/s1. The maximum absolute atomic E-state index is 4.69. The lowest BCUT2D eigenvalue weighted by molar-refractivity contribution is 0.473. The number of rotatable bonds is 3. The lowest BCUT2D eigenvalue weighted by Gasteiger charge is -2.22. The van der Waals surface area contributed by atoms with Crippen molar-refractivity contribution in [2.75, 3.05) is 34.7 Å². The molecular weight excluding hydrogens is 186 g/mol. The van der Waals surface area contributed by atoms with Crippen LogP contribution in [0.25, 0.3) is 0 Å². The van der Waals surface area contributed by atoms with Gasteiger partial charge in [-0.3, -0.25) is 4.99 Å². The van der Waals surface area contributed by atoms with Crippen molar-refractivity contribution in [2.45, 2.75) is 20.3 Å². The average Bonchev–Trinajstić information content (AvgIpc) is 2.82. The highest BCUT2D eigenvalue weighted by Gasteiger charge is 2.38. The molecule has 3 heteroatoms. The molecule has 0 aromatic heterocycles. The SMILES string of the molecule is CC(C)[C@@H]1C[C@H]1CN=C(N(C)C)N(C)C. The summed E-state index contributed by atoms with van der Waals surface area (Å²) in [6.45, 7) is 5.62. The van der Waals surface area contributed by atoms with Gasteiger partial charge in [0, 0.05) is 34.7 Å². The topological polar surface area (TPSA) is 18.8 Å². The Labute approximate surface area is 94.2 Å². The van der Waals surface area contributed by atoms with Gasteiger partial charge in [0.2, 0.25) is 0 Å². The highest BCUT2D eigenvalue weighted by Crippen LogP contribution is 2.44. The molecule has 1 aliphatic carbocycles. The normalized spacial score (nSPS) is 23.9. The van der Waals surface area contributed by atoms with Crippen molar-refractivity contribution in [3.63, 3.8) is 0 Å². The van der Waals surface area contributed by atoms with E-state index in [0.29, 0.717) is 0 Å². The third-order valence-electron chi connectivity index (χ3n) is 3.10. The molecule has 0 saturated heterocycles. The summed E-state index contributed by atoms with van der Waals surface area (Å²) >= 11 is 0. The number of hydrogen-bond acceptors (Lipinski definition) is 1. The van der Waals surface area contributed by atoms with Gasteiger partial charge in [0.1, 0.15) is 0 Å². The molecule has 1 aliphatic rings. The Balaban J connectivity index is 2.43. The monoisotopic (exact) mass is 211 g/mol. The van der Waals surface area contributed by atoms with Crippen LogP contribution < -0.4 is 0 Å². The van der Waals surface area contributed by atoms with E-state index < -0.39 is 0 Å². The number of aliphatic imine (C=N–C) groups is 1. The second kappa shape index (κ2) is 4.86. The fourth-order valence-electron chi connectivity index (χ4n) is 2.18. The number of guanidine groups is 1. The molecule has 0 bridgehead atoms. The van der Waals surface area contributed by atoms with Gasteiger partial charge in [-0.2, -0.15) is 0 Å². The summed E-state index contributed by atoms with van der Waals surface area (Å²) in [7, 11) is 8.19. The van der Waals surface area contributed by atoms with Crippen molar-refractivity contribution in [2.24, 2.45) is 22.7 Å². The van der Waals surface area contributed by atoms with E-state index >= 15 is 0 Å². The predicted octanol–water partition coefficient (Wildman–Crippen LogP) is 1.76. The molecule has 0 aromatic carbocycles. The number of nitrogens with zero attached hydrogens (tertiary/aromatic N) is 3. The first-order valence-corrected chi connectivity index (χ1v) is 5.82. The molecule has 1 rings (SSSR count). The summed E-state index contributed by atoms with van der Waals surface area (Å²) in [4.78, 5) is 8.84. The molecule has 88 valence electrons. The summed E-state index contributed by atoms with van der Waals surface area (Å²) in [5, 5.41) is 0. The van der Waals surface area contributed by atoms with Crippen LogP contribution in [0.15, 0.2) is 4.99 Å². The van der Waals surface area contributed by atoms with Crippen molar-refractivity contribution < 1.29 is 0 Å². The molecule has 0 spiro atoms. The van der Waals surface area contributed by atoms with Crippen LogP contribution in [0.4, 0.5) is 0 Å². The maximum Gasteiger partial charge on any atom is 0.195 e. The molecule has 0 radical (unpaired) electrons. The smallest absolute Gasteiger partial charge is 0.195 e. The molecule has 3 nitrogen and oxygen atoms in total. The van der Waals surface area contributed by atoms with Gasteiger partial charge in [-0.1, -0.05) is 13.8 Å². The van der Waals surface area contributed by atoms with Gasteiger partial charge in [-0.15, -0.1) is 0 Å². The number of hydrogen-bond donors (Lipinski definition) is 0. The van der Waals surface area contributed by atoms with E-state index in [4.69, 9.17) is 0 Å². The zero-order valence-corrected chi connectivity index (χ0v) is 11.0. The van der Waals surface area contributed by atoms with Crippen molar-refractivity contribution in [1.82, 2.24) is 9.80 Å². The molecule has 1 fully saturated rings. The summed E-state index contributed by atoms with van der Waals surface area (Å²) in [6, 6.07) is 0. The van der Waals surface area contributed by atoms with Crippen LogP contribution in [0, 0.1) is 17.8 Å². The quantitative estimate of drug-likeness (QED) is 0.523. The molecule has 15 heavy (non-hydrogen) atoms. The van der Waals surface area contributed by atoms with E-state index in [-0.39, 0.29) is 0 Å². The summed E-state index contributed by atoms with van der Waals surface area (Å²) < 4.78 is 0. The average molecular weight is 211 g/mol. The van der Waals surface area contributed by atoms with Crippen LogP contribution in [0.3, 0.4) is 0 Å². The van der Waals surface area contributed by atoms with Crippen LogP contribution in [0.1, 0.15) is 20.3 Å². The summed E-state index contributed by atoms with van der Waals surface area (Å²) in [6.07, 6.45) is 1.37. The van der Waals surface area contributed by atoms with Gasteiger partial charge >= 0.3 is 0 Å². The molecule has 2 atom stereocenters.